The Bertz CT molecular complexity index is 147. The van der Waals surface area contributed by atoms with E-state index in [0.29, 0.717) is 6.04 Å². The lowest BCUT2D eigenvalue weighted by Gasteiger charge is -2.19. The number of rotatable bonds is 7. The summed E-state index contributed by atoms with van der Waals surface area (Å²) in [6.07, 6.45) is 6.45. The first-order valence-corrected chi connectivity index (χ1v) is 5.09. The van der Waals surface area contributed by atoms with Crippen LogP contribution in [0.5, 0.6) is 0 Å². The molecule has 0 atom stereocenters. The van der Waals surface area contributed by atoms with Gasteiger partial charge >= 0.3 is 0 Å². The Morgan fingerprint density at radius 1 is 1.38 bits per heavy atom. The molecular formula is C11H22N2. The molecule has 0 amide bonds. The van der Waals surface area contributed by atoms with Crippen molar-refractivity contribution in [1.29, 1.82) is 0 Å². The predicted molar refractivity (Wildman–Crippen MR) is 58.7 cm³/mol. The van der Waals surface area contributed by atoms with Crippen molar-refractivity contribution in [3.05, 3.63) is 0 Å². The molecule has 0 aromatic heterocycles. The molecule has 0 fully saturated rings. The zero-order valence-electron chi connectivity index (χ0n) is 9.14. The molecule has 0 aliphatic heterocycles. The summed E-state index contributed by atoms with van der Waals surface area (Å²) in [4.78, 5) is 2.30. The lowest BCUT2D eigenvalue weighted by atomic mass is 10.3. The van der Waals surface area contributed by atoms with Gasteiger partial charge in [-0.3, -0.25) is 4.90 Å². The fourth-order valence-electron chi connectivity index (χ4n) is 1.23. The second kappa shape index (κ2) is 8.10. The third-order valence-corrected chi connectivity index (χ3v) is 1.84. The molecule has 76 valence electrons. The highest BCUT2D eigenvalue weighted by molar-refractivity contribution is 4.88. The third kappa shape index (κ3) is 7.83. The van der Waals surface area contributed by atoms with Gasteiger partial charge < -0.3 is 5.32 Å². The first kappa shape index (κ1) is 12.5. The third-order valence-electron chi connectivity index (χ3n) is 1.84. The Labute approximate surface area is 82.7 Å². The maximum Gasteiger partial charge on any atom is 0.0599 e. The van der Waals surface area contributed by atoms with E-state index < -0.39 is 0 Å². The van der Waals surface area contributed by atoms with E-state index in [2.05, 4.69) is 36.9 Å². The van der Waals surface area contributed by atoms with Gasteiger partial charge in [0.2, 0.25) is 0 Å². The van der Waals surface area contributed by atoms with Crippen molar-refractivity contribution in [3.63, 3.8) is 0 Å². The minimum Gasteiger partial charge on any atom is -0.313 e. The molecule has 0 aliphatic carbocycles. The summed E-state index contributed by atoms with van der Waals surface area (Å²) in [5.41, 5.74) is 0. The van der Waals surface area contributed by atoms with E-state index in [1.165, 1.54) is 6.42 Å². The molecule has 0 bridgehead atoms. The summed E-state index contributed by atoms with van der Waals surface area (Å²) in [7, 11) is 0. The number of nitrogens with one attached hydrogen (secondary N) is 1. The van der Waals surface area contributed by atoms with Crippen LogP contribution in [0.4, 0.5) is 0 Å². The number of nitrogens with zero attached hydrogens (tertiary/aromatic N) is 1. The van der Waals surface area contributed by atoms with Crippen molar-refractivity contribution in [2.45, 2.75) is 33.2 Å². The van der Waals surface area contributed by atoms with Crippen molar-refractivity contribution in [3.8, 4) is 12.3 Å². The monoisotopic (exact) mass is 182 g/mol. The molecule has 2 nitrogen and oxygen atoms in total. The molecule has 0 unspecified atom stereocenters. The minimum absolute atomic E-state index is 0.564. The minimum atomic E-state index is 0.564. The smallest absolute Gasteiger partial charge is 0.0599 e. The van der Waals surface area contributed by atoms with E-state index in [4.69, 9.17) is 6.42 Å². The molecule has 0 heterocycles. The molecule has 0 radical (unpaired) electrons. The quantitative estimate of drug-likeness (QED) is 0.598. The van der Waals surface area contributed by atoms with E-state index >= 15 is 0 Å². The maximum absolute atomic E-state index is 5.28. The van der Waals surface area contributed by atoms with Crippen LogP contribution in [0.15, 0.2) is 0 Å². The molecule has 0 saturated carbocycles. The molecule has 0 aromatic rings. The van der Waals surface area contributed by atoms with Crippen LogP contribution in [0, 0.1) is 12.3 Å². The van der Waals surface area contributed by atoms with Crippen LogP contribution in [0.25, 0.3) is 0 Å². The molecule has 2 heteroatoms. The van der Waals surface area contributed by atoms with E-state index in [-0.39, 0.29) is 0 Å². The summed E-state index contributed by atoms with van der Waals surface area (Å²) in [6, 6.07) is 0.564. The van der Waals surface area contributed by atoms with Crippen LogP contribution in [0.1, 0.15) is 27.2 Å². The Kier molecular flexibility index (Phi) is 7.77. The summed E-state index contributed by atoms with van der Waals surface area (Å²) in [5, 5.41) is 3.38. The van der Waals surface area contributed by atoms with Gasteiger partial charge in [0.1, 0.15) is 0 Å². The van der Waals surface area contributed by atoms with E-state index in [1.807, 2.05) is 0 Å². The largest absolute Gasteiger partial charge is 0.313 e. The molecule has 0 aliphatic rings. The highest BCUT2D eigenvalue weighted by Gasteiger charge is 2.01. The van der Waals surface area contributed by atoms with Gasteiger partial charge in [-0.05, 0) is 13.0 Å². The van der Waals surface area contributed by atoms with Crippen LogP contribution in [-0.2, 0) is 0 Å². The topological polar surface area (TPSA) is 15.3 Å². The van der Waals surface area contributed by atoms with Crippen LogP contribution >= 0.6 is 0 Å². The second-order valence-corrected chi connectivity index (χ2v) is 3.59. The summed E-state index contributed by atoms with van der Waals surface area (Å²) >= 11 is 0. The van der Waals surface area contributed by atoms with Crippen molar-refractivity contribution in [2.24, 2.45) is 0 Å². The molecular weight excluding hydrogens is 160 g/mol. The lowest BCUT2D eigenvalue weighted by Crippen LogP contribution is -2.35. The Hall–Kier alpha value is -0.520. The van der Waals surface area contributed by atoms with Gasteiger partial charge in [0.05, 0.1) is 6.54 Å². The van der Waals surface area contributed by atoms with Crippen molar-refractivity contribution in [1.82, 2.24) is 10.2 Å². The van der Waals surface area contributed by atoms with E-state index in [1.54, 1.807) is 0 Å². The fraction of sp³-hybridized carbons (Fsp3) is 0.818. The highest BCUT2D eigenvalue weighted by Crippen LogP contribution is 1.89. The van der Waals surface area contributed by atoms with Gasteiger partial charge in [0.25, 0.3) is 0 Å². The number of hydrogen-bond acceptors (Lipinski definition) is 2. The standard InChI is InChI=1S/C11H22N2/c1-5-8-13(9-6-2)10-7-12-11(3)4/h1,11-12H,6-10H2,2-4H3. The van der Waals surface area contributed by atoms with Gasteiger partial charge in [-0.25, -0.2) is 0 Å². The summed E-state index contributed by atoms with van der Waals surface area (Å²) < 4.78 is 0. The zero-order valence-corrected chi connectivity index (χ0v) is 9.14. The lowest BCUT2D eigenvalue weighted by molar-refractivity contribution is 0.302. The number of hydrogen-bond donors (Lipinski definition) is 1. The maximum atomic E-state index is 5.28. The van der Waals surface area contributed by atoms with Gasteiger partial charge in [0.15, 0.2) is 0 Å². The molecule has 13 heavy (non-hydrogen) atoms. The second-order valence-electron chi connectivity index (χ2n) is 3.59. The first-order chi connectivity index (χ1) is 6.20. The molecule has 0 spiro atoms. The Balaban J connectivity index is 3.51. The van der Waals surface area contributed by atoms with Crippen LogP contribution in [0.2, 0.25) is 0 Å². The zero-order chi connectivity index (χ0) is 10.1. The van der Waals surface area contributed by atoms with Crippen molar-refractivity contribution in [2.75, 3.05) is 26.2 Å². The molecule has 0 rings (SSSR count). The highest BCUT2D eigenvalue weighted by atomic mass is 15.1. The van der Waals surface area contributed by atoms with Gasteiger partial charge in [0, 0.05) is 19.1 Å². The van der Waals surface area contributed by atoms with E-state index in [9.17, 15) is 0 Å². The van der Waals surface area contributed by atoms with E-state index in [0.717, 1.165) is 26.2 Å². The SMILES string of the molecule is C#CCN(CCC)CCNC(C)C. The van der Waals surface area contributed by atoms with Crippen LogP contribution in [-0.4, -0.2) is 37.1 Å². The molecule has 0 aromatic carbocycles. The summed E-state index contributed by atoms with van der Waals surface area (Å²) in [5.74, 6) is 2.69. The molecule has 1 N–H and O–H groups in total. The average Bonchev–Trinajstić information content (AvgIpc) is 2.04. The van der Waals surface area contributed by atoms with Gasteiger partial charge in [-0.2, -0.15) is 0 Å². The molecule has 0 saturated heterocycles. The first-order valence-electron chi connectivity index (χ1n) is 5.09. The van der Waals surface area contributed by atoms with Gasteiger partial charge in [-0.15, -0.1) is 6.42 Å². The normalized spacial score (nSPS) is 10.8. The van der Waals surface area contributed by atoms with Gasteiger partial charge in [-0.1, -0.05) is 26.7 Å². The fourth-order valence-corrected chi connectivity index (χ4v) is 1.23. The average molecular weight is 182 g/mol. The predicted octanol–water partition coefficient (Wildman–Crippen LogP) is 1.33. The van der Waals surface area contributed by atoms with Crippen molar-refractivity contribution < 1.29 is 0 Å². The summed E-state index contributed by atoms with van der Waals surface area (Å²) in [6.45, 7) is 10.4. The Morgan fingerprint density at radius 2 is 2.08 bits per heavy atom. The number of terminal acetylenes is 1. The Morgan fingerprint density at radius 3 is 2.54 bits per heavy atom. The van der Waals surface area contributed by atoms with Crippen LogP contribution < -0.4 is 5.32 Å². The van der Waals surface area contributed by atoms with Crippen LogP contribution in [0.3, 0.4) is 0 Å². The van der Waals surface area contributed by atoms with Crippen molar-refractivity contribution >= 4 is 0 Å².